The number of fused-ring (bicyclic) bond motifs is 2. The zero-order valence-electron chi connectivity index (χ0n) is 25.7. The van der Waals surface area contributed by atoms with Gasteiger partial charge in [-0.3, -0.25) is 19.9 Å². The van der Waals surface area contributed by atoms with E-state index in [0.29, 0.717) is 0 Å². The normalized spacial score (nSPS) is 13.5. The molecule has 1 radical (unpaired) electrons. The molecule has 3 N–H and O–H groups in total. The van der Waals surface area contributed by atoms with Gasteiger partial charge in [-0.25, -0.2) is 8.42 Å². The number of amides is 1. The fourth-order valence-corrected chi connectivity index (χ4v) is 6.41. The Morgan fingerprint density at radius 1 is 0.500 bits per heavy atom. The van der Waals surface area contributed by atoms with E-state index in [0.717, 1.165) is 22.8 Å². The number of hydrogen-bond acceptors (Lipinski definition) is 10. The number of nitrogens with zero attached hydrogens (tertiary/aromatic N) is 6. The minimum absolute atomic E-state index is 0. The number of benzene rings is 2. The average molecular weight is 755 g/mol. The molecule has 0 fully saturated rings. The molecule has 2 aliphatic heterocycles. The number of carbonyl (C=O) groups is 1. The molecule has 0 unspecified atom stereocenters. The van der Waals surface area contributed by atoms with Crippen molar-refractivity contribution in [3.63, 3.8) is 0 Å². The first-order valence-corrected chi connectivity index (χ1v) is 16.9. The molecule has 0 aliphatic carbocycles. The van der Waals surface area contributed by atoms with E-state index in [1.165, 1.54) is 24.3 Å². The minimum atomic E-state index is -3.68. The van der Waals surface area contributed by atoms with Crippen LogP contribution in [-0.2, 0) is 42.3 Å². The number of aromatic nitrogens is 4. The summed E-state index contributed by atoms with van der Waals surface area (Å²) in [7, 11) is -7.36. The Balaban J connectivity index is 0.000000178. The summed E-state index contributed by atoms with van der Waals surface area (Å²) in [5.41, 5.74) is 3.99. The number of rotatable bonds is 2. The third-order valence-electron chi connectivity index (χ3n) is 6.38. The van der Waals surface area contributed by atoms with Gasteiger partial charge >= 0.3 is 16.8 Å². The maximum atomic E-state index is 11.1. The van der Waals surface area contributed by atoms with Crippen LogP contribution in [0.5, 0.6) is 0 Å². The predicted molar refractivity (Wildman–Crippen MR) is 181 cm³/mol. The molecule has 255 valence electrons. The summed E-state index contributed by atoms with van der Waals surface area (Å²) in [6.45, 7) is 0. The number of sulfonamides is 2. The molecule has 2 aliphatic rings. The van der Waals surface area contributed by atoms with Crippen LogP contribution in [0.25, 0.3) is 27.5 Å². The summed E-state index contributed by atoms with van der Waals surface area (Å²) in [6.07, 6.45) is 7.07. The largest absolute Gasteiger partial charge is 2.00 e. The SMILES string of the molecule is O=C1[N-]S(=O)(=O)c2ccccc21.O=S1(=O)N=C([O-])c2ccccc21.[Co+2].[OH3+].c1ccc(-c2ccccn2)nc1.c1ccc(-c2ccccn2)nc1. The molecule has 6 aromatic rings. The molecule has 8 rings (SSSR count). The van der Waals surface area contributed by atoms with Gasteiger partial charge in [0.1, 0.15) is 10.0 Å². The monoisotopic (exact) mass is 754 g/mol. The molecule has 4 aromatic heterocycles. The zero-order chi connectivity index (χ0) is 34.0. The summed E-state index contributed by atoms with van der Waals surface area (Å²) < 4.78 is 50.3. The van der Waals surface area contributed by atoms with Crippen LogP contribution >= 0.6 is 0 Å². The average Bonchev–Trinajstić information content (AvgIpc) is 3.52. The van der Waals surface area contributed by atoms with Gasteiger partial charge in [-0.1, -0.05) is 60.7 Å². The third kappa shape index (κ3) is 9.71. The predicted octanol–water partition coefficient (Wildman–Crippen LogP) is 3.76. The Morgan fingerprint density at radius 3 is 1.22 bits per heavy atom. The molecular formula is C34H27CoN6O7S2+. The maximum Gasteiger partial charge on any atom is 2.00 e. The molecule has 2 aromatic carbocycles. The van der Waals surface area contributed by atoms with Gasteiger partial charge in [0.15, 0.2) is 0 Å². The topological polar surface area (TPSA) is 219 Å². The fraction of sp³-hybridized carbons (Fsp3) is 0. The van der Waals surface area contributed by atoms with Crippen molar-refractivity contribution in [1.29, 1.82) is 0 Å². The van der Waals surface area contributed by atoms with Crippen molar-refractivity contribution in [1.82, 2.24) is 19.9 Å². The first-order chi connectivity index (χ1) is 23.2. The van der Waals surface area contributed by atoms with Crippen LogP contribution in [0.1, 0.15) is 15.9 Å². The summed E-state index contributed by atoms with van der Waals surface area (Å²) >= 11 is 0. The number of hydrogen-bond donors (Lipinski definition) is 0. The Labute approximate surface area is 298 Å². The summed E-state index contributed by atoms with van der Waals surface area (Å²) in [5, 5.41) is 10.9. The fourth-order valence-electron chi connectivity index (χ4n) is 4.21. The van der Waals surface area contributed by atoms with Crippen molar-refractivity contribution < 1.29 is 49.0 Å². The van der Waals surface area contributed by atoms with E-state index in [-0.39, 0.29) is 43.2 Å². The smallest absolute Gasteiger partial charge is 0.858 e. The van der Waals surface area contributed by atoms with Gasteiger partial charge in [0.05, 0.1) is 38.5 Å². The van der Waals surface area contributed by atoms with E-state index in [9.17, 15) is 26.7 Å². The molecule has 0 spiro atoms. The standard InChI is InChI=1S/2C10H8N2.2C7H5NO3S.Co.H2O/c2*1-3-7-11-9(5-1)10-6-2-4-8-12-10;2*9-7-5-3-1-2-4-6(5)12(10,11)8-7;;/h2*1-8H;2*1-4H,(H,8,9);;1H2/q;;;;+2;/p-1. The third-order valence-corrected chi connectivity index (χ3v) is 9.02. The van der Waals surface area contributed by atoms with Crippen LogP contribution in [0.2, 0.25) is 0 Å². The molecule has 0 saturated carbocycles. The van der Waals surface area contributed by atoms with Crippen LogP contribution in [0, 0.1) is 0 Å². The Hall–Kier alpha value is -5.65. The Bertz CT molecular complexity index is 2110. The van der Waals surface area contributed by atoms with Gasteiger partial charge in [-0.05, 0) is 60.7 Å². The molecule has 0 bridgehead atoms. The molecule has 0 saturated heterocycles. The summed E-state index contributed by atoms with van der Waals surface area (Å²) in [4.78, 5) is 27.7. The Morgan fingerprint density at radius 2 is 0.860 bits per heavy atom. The van der Waals surface area contributed by atoms with Crippen molar-refractivity contribution in [2.24, 2.45) is 4.40 Å². The van der Waals surface area contributed by atoms with Crippen LogP contribution in [0.3, 0.4) is 0 Å². The molecule has 0 atom stereocenters. The zero-order valence-corrected chi connectivity index (χ0v) is 28.4. The van der Waals surface area contributed by atoms with Crippen LogP contribution in [0.4, 0.5) is 0 Å². The quantitative estimate of drug-likeness (QED) is 0.233. The van der Waals surface area contributed by atoms with Gasteiger partial charge in [0.2, 0.25) is 0 Å². The Kier molecular flexibility index (Phi) is 13.7. The molecule has 50 heavy (non-hydrogen) atoms. The van der Waals surface area contributed by atoms with E-state index in [1.54, 1.807) is 49.1 Å². The van der Waals surface area contributed by atoms with Gasteiger partial charge < -0.3 is 20.1 Å². The minimum Gasteiger partial charge on any atom is -0.858 e. The van der Waals surface area contributed by atoms with Crippen molar-refractivity contribution in [2.75, 3.05) is 0 Å². The van der Waals surface area contributed by atoms with E-state index in [4.69, 9.17) is 0 Å². The molecule has 1 amide bonds. The molecular weight excluding hydrogens is 727 g/mol. The van der Waals surface area contributed by atoms with Crippen molar-refractivity contribution in [2.45, 2.75) is 9.79 Å². The summed E-state index contributed by atoms with van der Waals surface area (Å²) in [6, 6.07) is 35.2. The van der Waals surface area contributed by atoms with E-state index < -0.39 is 31.9 Å². The first kappa shape index (κ1) is 38.8. The van der Waals surface area contributed by atoms with Gasteiger partial charge in [0, 0.05) is 41.8 Å². The second kappa shape index (κ2) is 17.7. The van der Waals surface area contributed by atoms with Gasteiger partial charge in [-0.15, -0.1) is 0 Å². The number of pyridine rings is 4. The second-order valence-corrected chi connectivity index (χ2v) is 12.7. The van der Waals surface area contributed by atoms with Crippen molar-refractivity contribution >= 4 is 31.9 Å². The number of carbonyl (C=O) groups excluding carboxylic acids is 1. The molecule has 6 heterocycles. The van der Waals surface area contributed by atoms with E-state index in [1.807, 2.05) is 72.8 Å². The maximum absolute atomic E-state index is 11.1. The van der Waals surface area contributed by atoms with Crippen LogP contribution < -0.4 is 5.11 Å². The summed E-state index contributed by atoms with van der Waals surface area (Å²) in [5.74, 6) is -1.35. The van der Waals surface area contributed by atoms with E-state index >= 15 is 0 Å². The molecule has 13 nitrogen and oxygen atoms in total. The molecule has 16 heteroatoms. The van der Waals surface area contributed by atoms with Crippen LogP contribution in [0.15, 0.2) is 160 Å². The van der Waals surface area contributed by atoms with Crippen molar-refractivity contribution in [3.05, 3.63) is 162 Å². The van der Waals surface area contributed by atoms with Crippen molar-refractivity contribution in [3.8, 4) is 22.8 Å². The van der Waals surface area contributed by atoms with E-state index in [2.05, 4.69) is 29.1 Å². The second-order valence-electron chi connectivity index (χ2n) is 9.60. The van der Waals surface area contributed by atoms with Gasteiger partial charge in [-0.2, -0.15) is 12.8 Å². The van der Waals surface area contributed by atoms with Crippen LogP contribution in [-0.4, -0.2) is 48.6 Å². The first-order valence-electron chi connectivity index (χ1n) is 14.0. The van der Waals surface area contributed by atoms with Gasteiger partial charge in [0.25, 0.3) is 10.0 Å².